The molecule has 3 aliphatic rings. The molecule has 5 rings (SSSR count). The van der Waals surface area contributed by atoms with Gasteiger partial charge >= 0.3 is 5.97 Å². The van der Waals surface area contributed by atoms with Crippen molar-refractivity contribution in [1.29, 1.82) is 0 Å². The van der Waals surface area contributed by atoms with Crippen molar-refractivity contribution in [2.24, 2.45) is 11.8 Å². The summed E-state index contributed by atoms with van der Waals surface area (Å²) in [6.45, 7) is 4.28. The molecule has 0 bridgehead atoms. The summed E-state index contributed by atoms with van der Waals surface area (Å²) in [5.41, 5.74) is 3.05. The third-order valence-corrected chi connectivity index (χ3v) is 10.6. The molecule has 2 aromatic heterocycles. The smallest absolute Gasteiger partial charge is 0.337 e. The lowest BCUT2D eigenvalue weighted by molar-refractivity contribution is -0.137. The highest BCUT2D eigenvalue weighted by atomic mass is 127. The van der Waals surface area contributed by atoms with E-state index < -0.39 is 9.72 Å². The van der Waals surface area contributed by atoms with Crippen molar-refractivity contribution in [2.75, 3.05) is 25.0 Å². The van der Waals surface area contributed by atoms with Gasteiger partial charge in [0, 0.05) is 36.5 Å². The third-order valence-electron chi connectivity index (χ3n) is 8.43. The third kappa shape index (κ3) is 7.37. The van der Waals surface area contributed by atoms with Crippen LogP contribution < -0.4 is 15.4 Å². The predicted molar refractivity (Wildman–Crippen MR) is 175 cm³/mol. The van der Waals surface area contributed by atoms with Crippen molar-refractivity contribution in [3.05, 3.63) is 41.2 Å². The molecule has 4 heterocycles. The number of halogens is 3. The molecule has 0 spiro atoms. The van der Waals surface area contributed by atoms with Crippen LogP contribution in [0, 0.1) is 11.8 Å². The van der Waals surface area contributed by atoms with Gasteiger partial charge in [0.2, 0.25) is 5.88 Å². The quantitative estimate of drug-likeness (QED) is 0.124. The molecule has 1 N–H and O–H groups in total. The number of pyridine rings is 2. The molecule has 2 aliphatic heterocycles. The van der Waals surface area contributed by atoms with E-state index in [4.69, 9.17) is 12.8 Å². The lowest BCUT2D eigenvalue weighted by Crippen LogP contribution is -2.37. The molecular weight excluding hydrogens is 756 g/mol. The lowest BCUT2D eigenvalue weighted by atomic mass is 9.84. The van der Waals surface area contributed by atoms with Crippen molar-refractivity contribution in [1.82, 2.24) is 14.9 Å². The van der Waals surface area contributed by atoms with Crippen molar-refractivity contribution in [3.63, 3.8) is 0 Å². The van der Waals surface area contributed by atoms with Crippen LogP contribution in [0.5, 0.6) is 5.88 Å². The summed E-state index contributed by atoms with van der Waals surface area (Å²) >= 11 is 3.64. The van der Waals surface area contributed by atoms with Crippen LogP contribution in [-0.4, -0.2) is 50.3 Å². The van der Waals surface area contributed by atoms with Gasteiger partial charge in [0.15, 0.2) is 26.7 Å². The monoisotopic (exact) mass is 794 g/mol. The first-order valence-corrected chi connectivity index (χ1v) is 16.9. The molecule has 3 unspecified atom stereocenters. The number of aryl methyl sites for hydroxylation is 2. The molecule has 7 nitrogen and oxygen atoms in total. The van der Waals surface area contributed by atoms with Crippen LogP contribution >= 0.6 is 54.8 Å². The molecular formula is C29H38FI2N4O3P. The lowest BCUT2D eigenvalue weighted by Gasteiger charge is -2.34. The van der Waals surface area contributed by atoms with Gasteiger partial charge in [-0.05, 0) is 116 Å². The van der Waals surface area contributed by atoms with E-state index in [1.807, 2.05) is 33.6 Å². The molecule has 1 aliphatic carbocycles. The van der Waals surface area contributed by atoms with Gasteiger partial charge in [-0.25, -0.2) is 19.2 Å². The minimum absolute atomic E-state index is 0.111. The normalized spacial score (nSPS) is 24.8. The summed E-state index contributed by atoms with van der Waals surface area (Å²) < 4.78 is 26.1. The summed E-state index contributed by atoms with van der Waals surface area (Å²) in [7, 11) is 2.64. The molecule has 11 heteroatoms. The van der Waals surface area contributed by atoms with Crippen LogP contribution in [0.2, 0.25) is 0 Å². The number of fused-ring (bicyclic) bond motifs is 1. The van der Waals surface area contributed by atoms with Crippen molar-refractivity contribution in [3.8, 4) is 5.88 Å². The highest BCUT2D eigenvalue weighted by Crippen LogP contribution is 2.44. The Bertz CT molecular complexity index is 1200. The number of rotatable bonds is 11. The number of carbonyl (C=O) groups is 1. The number of ether oxygens (including phenoxy) is 1. The van der Waals surface area contributed by atoms with Crippen LogP contribution in [-0.2, 0) is 20.7 Å². The first-order chi connectivity index (χ1) is 19.2. The average Bonchev–Trinajstić information content (AvgIpc) is 3.42. The zero-order chi connectivity index (χ0) is 28.3. The largest absolute Gasteiger partial charge is 0.474 e. The molecule has 2 aromatic rings. The standard InChI is InChI=1S/C29H38FI2N4O3P/c1-18-13-22(14-18)38-27-24(15-23(40)16-34-27)25(28(37)39-32)36-12-9-20(17-36)29(30,31)10-3-2-6-21-8-7-19-5-4-11-33-26(19)35-21/h7-8,15-16,18,20,22,25H,2-6,9-14,17,40H2,1H3,(H,33,35)/t18?,20-,22?,25?,29?/m1/s1. The van der Waals surface area contributed by atoms with Crippen LogP contribution in [0.25, 0.3) is 0 Å². The van der Waals surface area contributed by atoms with E-state index in [9.17, 15) is 4.79 Å². The van der Waals surface area contributed by atoms with Gasteiger partial charge in [-0.1, -0.05) is 13.0 Å². The van der Waals surface area contributed by atoms with E-state index in [0.29, 0.717) is 43.3 Å². The fraction of sp³-hybridized carbons (Fsp3) is 0.621. The highest BCUT2D eigenvalue weighted by Gasteiger charge is 2.45. The van der Waals surface area contributed by atoms with E-state index in [-0.39, 0.29) is 18.0 Å². The minimum atomic E-state index is -1.35. The van der Waals surface area contributed by atoms with Crippen molar-refractivity contribution >= 4 is 71.9 Å². The number of hydrogen-bond acceptors (Lipinski definition) is 7. The zero-order valence-corrected chi connectivity index (χ0v) is 28.4. The average molecular weight is 794 g/mol. The van der Waals surface area contributed by atoms with Gasteiger partial charge in [-0.2, -0.15) is 0 Å². The SMILES string of the molecule is CC1CC(Oc2ncc(P)cc2C(C(=O)OI)N2CC[C@@H](C(F)(I)CCCCc3ccc4c(n3)NCCC4)C2)C1. The number of aromatic nitrogens is 2. The van der Waals surface area contributed by atoms with Gasteiger partial charge in [-0.15, -0.1) is 9.24 Å². The summed E-state index contributed by atoms with van der Waals surface area (Å²) in [6.07, 6.45) is 9.74. The highest BCUT2D eigenvalue weighted by molar-refractivity contribution is 14.1. The Morgan fingerprint density at radius 2 is 2.17 bits per heavy atom. The van der Waals surface area contributed by atoms with Gasteiger partial charge in [0.1, 0.15) is 18.0 Å². The number of alkyl halides is 2. The molecule has 1 saturated heterocycles. The van der Waals surface area contributed by atoms with E-state index in [1.54, 1.807) is 29.2 Å². The summed E-state index contributed by atoms with van der Waals surface area (Å²) in [5, 5.41) is 4.26. The Morgan fingerprint density at radius 3 is 2.95 bits per heavy atom. The van der Waals surface area contributed by atoms with Gasteiger partial charge in [0.25, 0.3) is 0 Å². The van der Waals surface area contributed by atoms with Crippen LogP contribution in [0.3, 0.4) is 0 Å². The molecule has 40 heavy (non-hydrogen) atoms. The fourth-order valence-corrected chi connectivity index (χ4v) is 7.51. The van der Waals surface area contributed by atoms with Gasteiger partial charge < -0.3 is 13.1 Å². The first kappa shape index (κ1) is 30.6. The Balaban J connectivity index is 1.20. The zero-order valence-electron chi connectivity index (χ0n) is 22.9. The topological polar surface area (TPSA) is 76.6 Å². The fourth-order valence-electron chi connectivity index (χ4n) is 6.12. The molecule has 2 fully saturated rings. The molecule has 0 amide bonds. The second-order valence-corrected chi connectivity index (χ2v) is 14.5. The van der Waals surface area contributed by atoms with Crippen LogP contribution in [0.1, 0.15) is 74.7 Å². The van der Waals surface area contributed by atoms with Crippen molar-refractivity contribution < 1.29 is 17.0 Å². The maximum Gasteiger partial charge on any atom is 0.337 e. The number of hydrogen-bond donors (Lipinski definition) is 1. The first-order valence-electron chi connectivity index (χ1n) is 14.3. The molecule has 1 saturated carbocycles. The van der Waals surface area contributed by atoms with E-state index in [1.165, 1.54) is 5.56 Å². The van der Waals surface area contributed by atoms with Gasteiger partial charge in [0.05, 0.1) is 0 Å². The summed E-state index contributed by atoms with van der Waals surface area (Å²) in [5.74, 6) is 1.58. The number of unbranched alkanes of at least 4 members (excludes halogenated alkanes) is 1. The number of likely N-dealkylation sites (tertiary alicyclic amines) is 1. The van der Waals surface area contributed by atoms with Crippen LogP contribution in [0.15, 0.2) is 24.4 Å². The maximum atomic E-state index is 16.1. The van der Waals surface area contributed by atoms with E-state index in [0.717, 1.165) is 68.3 Å². The summed E-state index contributed by atoms with van der Waals surface area (Å²) in [4.78, 5) is 24.5. The van der Waals surface area contributed by atoms with E-state index in [2.05, 4.69) is 38.6 Å². The number of carbonyl (C=O) groups excluding carboxylic acids is 1. The Morgan fingerprint density at radius 1 is 1.35 bits per heavy atom. The van der Waals surface area contributed by atoms with Gasteiger partial charge in [-0.3, -0.25) is 4.90 Å². The molecule has 0 radical (unpaired) electrons. The van der Waals surface area contributed by atoms with Crippen LogP contribution in [0.4, 0.5) is 10.2 Å². The maximum absolute atomic E-state index is 16.1. The second-order valence-electron chi connectivity index (χ2n) is 11.6. The Kier molecular flexibility index (Phi) is 10.4. The molecule has 4 atom stereocenters. The minimum Gasteiger partial charge on any atom is -0.474 e. The number of nitrogens with one attached hydrogen (secondary N) is 1. The molecule has 0 aromatic carbocycles. The number of anilines is 1. The van der Waals surface area contributed by atoms with Crippen molar-refractivity contribution in [2.45, 2.75) is 80.5 Å². The Hall–Kier alpha value is -0.850. The summed E-state index contributed by atoms with van der Waals surface area (Å²) in [6, 6.07) is 5.54. The number of nitrogens with zero attached hydrogens (tertiary/aromatic N) is 3. The second kappa shape index (κ2) is 13.6. The predicted octanol–water partition coefficient (Wildman–Crippen LogP) is 6.28. The molecule has 218 valence electrons. The Labute approximate surface area is 266 Å². The van der Waals surface area contributed by atoms with E-state index >= 15 is 4.39 Å².